The summed E-state index contributed by atoms with van der Waals surface area (Å²) in [4.78, 5) is 16.5. The molecule has 1 aromatic carbocycles. The standard InChI is InChI=1S/C19H20N4O2/c1-12-5-6-14(9-13(12)2)17-10-16(22-23(17)3)19(24)21-15-7-8-18(25-4)20-11-15/h5-11H,1-4H3,(H,21,24). The van der Waals surface area contributed by atoms with Crippen LogP contribution in [0.1, 0.15) is 21.6 Å². The highest BCUT2D eigenvalue weighted by molar-refractivity contribution is 6.03. The number of aromatic nitrogens is 3. The van der Waals surface area contributed by atoms with Crippen molar-refractivity contribution in [2.45, 2.75) is 13.8 Å². The van der Waals surface area contributed by atoms with Gasteiger partial charge in [-0.1, -0.05) is 12.1 Å². The van der Waals surface area contributed by atoms with Gasteiger partial charge in [0.15, 0.2) is 5.69 Å². The first kappa shape index (κ1) is 16.7. The van der Waals surface area contributed by atoms with Crippen molar-refractivity contribution in [1.29, 1.82) is 0 Å². The summed E-state index contributed by atoms with van der Waals surface area (Å²) in [6.45, 7) is 4.14. The highest BCUT2D eigenvalue weighted by atomic mass is 16.5. The summed E-state index contributed by atoms with van der Waals surface area (Å²) >= 11 is 0. The number of pyridine rings is 1. The van der Waals surface area contributed by atoms with Gasteiger partial charge in [-0.2, -0.15) is 5.10 Å². The van der Waals surface area contributed by atoms with Gasteiger partial charge in [0.05, 0.1) is 24.7 Å². The molecule has 0 aliphatic rings. The molecule has 25 heavy (non-hydrogen) atoms. The molecule has 128 valence electrons. The third-order valence-electron chi connectivity index (χ3n) is 4.12. The number of hydrogen-bond donors (Lipinski definition) is 1. The summed E-state index contributed by atoms with van der Waals surface area (Å²) in [5, 5.41) is 7.12. The summed E-state index contributed by atoms with van der Waals surface area (Å²) in [5.41, 5.74) is 5.30. The lowest BCUT2D eigenvalue weighted by atomic mass is 10.0. The van der Waals surface area contributed by atoms with Gasteiger partial charge in [-0.3, -0.25) is 9.48 Å². The fraction of sp³-hybridized carbons (Fsp3) is 0.211. The fourth-order valence-electron chi connectivity index (χ4n) is 2.52. The number of ether oxygens (including phenoxy) is 1. The minimum Gasteiger partial charge on any atom is -0.481 e. The summed E-state index contributed by atoms with van der Waals surface area (Å²) in [5.74, 6) is 0.213. The maximum absolute atomic E-state index is 12.4. The van der Waals surface area contributed by atoms with Gasteiger partial charge in [-0.15, -0.1) is 0 Å². The number of methoxy groups -OCH3 is 1. The van der Waals surface area contributed by atoms with Gasteiger partial charge in [0.2, 0.25) is 5.88 Å². The van der Waals surface area contributed by atoms with E-state index in [2.05, 4.69) is 41.4 Å². The molecule has 2 aromatic heterocycles. The van der Waals surface area contributed by atoms with Crippen molar-refractivity contribution in [3.63, 3.8) is 0 Å². The molecule has 0 spiro atoms. The molecule has 1 amide bonds. The first-order valence-corrected chi connectivity index (χ1v) is 7.91. The molecule has 6 heteroatoms. The normalized spacial score (nSPS) is 10.6. The first-order valence-electron chi connectivity index (χ1n) is 7.91. The fourth-order valence-corrected chi connectivity index (χ4v) is 2.52. The topological polar surface area (TPSA) is 69.0 Å². The average Bonchev–Trinajstić information content (AvgIpc) is 3.00. The Hall–Kier alpha value is -3.15. The molecule has 0 atom stereocenters. The van der Waals surface area contributed by atoms with Crippen LogP contribution in [0.2, 0.25) is 0 Å². The van der Waals surface area contributed by atoms with Crippen LogP contribution in [0, 0.1) is 13.8 Å². The number of aryl methyl sites for hydroxylation is 3. The number of rotatable bonds is 4. The third-order valence-corrected chi connectivity index (χ3v) is 4.12. The molecule has 3 rings (SSSR count). The largest absolute Gasteiger partial charge is 0.481 e. The summed E-state index contributed by atoms with van der Waals surface area (Å²) in [6, 6.07) is 11.4. The SMILES string of the molecule is COc1ccc(NC(=O)c2cc(-c3ccc(C)c(C)c3)n(C)n2)cn1. The minimum absolute atomic E-state index is 0.280. The quantitative estimate of drug-likeness (QED) is 0.793. The van der Waals surface area contributed by atoms with Crippen LogP contribution < -0.4 is 10.1 Å². The van der Waals surface area contributed by atoms with Crippen LogP contribution in [0.5, 0.6) is 5.88 Å². The Kier molecular flexibility index (Phi) is 4.52. The molecule has 0 saturated carbocycles. The van der Waals surface area contributed by atoms with E-state index in [1.54, 1.807) is 36.2 Å². The van der Waals surface area contributed by atoms with Crippen molar-refractivity contribution < 1.29 is 9.53 Å². The lowest BCUT2D eigenvalue weighted by molar-refractivity contribution is 0.102. The van der Waals surface area contributed by atoms with Gasteiger partial charge in [-0.25, -0.2) is 4.98 Å². The molecule has 3 aromatic rings. The lowest BCUT2D eigenvalue weighted by Crippen LogP contribution is -2.13. The van der Waals surface area contributed by atoms with Crippen molar-refractivity contribution in [3.05, 3.63) is 59.4 Å². The van der Waals surface area contributed by atoms with Gasteiger partial charge in [-0.05, 0) is 43.2 Å². The molecule has 0 saturated heterocycles. The maximum atomic E-state index is 12.4. The Morgan fingerprint density at radius 2 is 1.92 bits per heavy atom. The molecule has 0 aliphatic heterocycles. The maximum Gasteiger partial charge on any atom is 0.276 e. The van der Waals surface area contributed by atoms with Gasteiger partial charge in [0, 0.05) is 18.7 Å². The molecule has 2 heterocycles. The first-order chi connectivity index (χ1) is 12.0. The Balaban J connectivity index is 1.83. The zero-order chi connectivity index (χ0) is 18.0. The number of amides is 1. The van der Waals surface area contributed by atoms with Crippen LogP contribution in [-0.4, -0.2) is 27.8 Å². The summed E-state index contributed by atoms with van der Waals surface area (Å²) < 4.78 is 6.72. The molecule has 0 aliphatic carbocycles. The number of nitrogens with one attached hydrogen (secondary N) is 1. The summed E-state index contributed by atoms with van der Waals surface area (Å²) in [6.07, 6.45) is 1.55. The van der Waals surface area contributed by atoms with Crippen LogP contribution in [0.25, 0.3) is 11.3 Å². The number of hydrogen-bond acceptors (Lipinski definition) is 4. The van der Waals surface area contributed by atoms with Crippen molar-refractivity contribution in [2.75, 3.05) is 12.4 Å². The molecule has 0 unspecified atom stereocenters. The van der Waals surface area contributed by atoms with Crippen molar-refractivity contribution in [1.82, 2.24) is 14.8 Å². The van der Waals surface area contributed by atoms with E-state index < -0.39 is 0 Å². The van der Waals surface area contributed by atoms with Crippen LogP contribution in [0.4, 0.5) is 5.69 Å². The van der Waals surface area contributed by atoms with E-state index in [1.165, 1.54) is 11.1 Å². The zero-order valence-corrected chi connectivity index (χ0v) is 14.7. The van der Waals surface area contributed by atoms with Crippen LogP contribution in [-0.2, 0) is 7.05 Å². The second-order valence-corrected chi connectivity index (χ2v) is 5.88. The van der Waals surface area contributed by atoms with Crippen LogP contribution in [0.3, 0.4) is 0 Å². The van der Waals surface area contributed by atoms with Crippen LogP contribution in [0.15, 0.2) is 42.6 Å². The smallest absolute Gasteiger partial charge is 0.276 e. The molecular formula is C19H20N4O2. The molecule has 0 fully saturated rings. The van der Waals surface area contributed by atoms with Gasteiger partial charge in [0.25, 0.3) is 5.91 Å². The van der Waals surface area contributed by atoms with Crippen LogP contribution >= 0.6 is 0 Å². The number of carbonyl (C=O) groups is 1. The van der Waals surface area contributed by atoms with E-state index in [0.29, 0.717) is 17.3 Å². The molecular weight excluding hydrogens is 316 g/mol. The number of nitrogens with zero attached hydrogens (tertiary/aromatic N) is 3. The van der Waals surface area contributed by atoms with Gasteiger partial charge < -0.3 is 10.1 Å². The second kappa shape index (κ2) is 6.76. The minimum atomic E-state index is -0.280. The summed E-state index contributed by atoms with van der Waals surface area (Å²) in [7, 11) is 3.37. The highest BCUT2D eigenvalue weighted by Crippen LogP contribution is 2.23. The van der Waals surface area contributed by atoms with E-state index in [1.807, 2.05) is 13.1 Å². The molecule has 1 N–H and O–H groups in total. The Morgan fingerprint density at radius 3 is 2.56 bits per heavy atom. The monoisotopic (exact) mass is 336 g/mol. The van der Waals surface area contributed by atoms with Gasteiger partial charge in [0.1, 0.15) is 0 Å². The molecule has 0 bridgehead atoms. The van der Waals surface area contributed by atoms with E-state index in [-0.39, 0.29) is 5.91 Å². The zero-order valence-electron chi connectivity index (χ0n) is 14.7. The van der Waals surface area contributed by atoms with Crippen molar-refractivity contribution in [3.8, 4) is 17.1 Å². The van der Waals surface area contributed by atoms with Gasteiger partial charge >= 0.3 is 0 Å². The molecule has 0 radical (unpaired) electrons. The third kappa shape index (κ3) is 3.52. The number of benzene rings is 1. The van der Waals surface area contributed by atoms with E-state index in [4.69, 9.17) is 4.74 Å². The highest BCUT2D eigenvalue weighted by Gasteiger charge is 2.14. The predicted molar refractivity (Wildman–Crippen MR) is 96.9 cm³/mol. The Bertz CT molecular complexity index is 914. The number of anilines is 1. The van der Waals surface area contributed by atoms with Crippen molar-refractivity contribution >= 4 is 11.6 Å². The predicted octanol–water partition coefficient (Wildman–Crippen LogP) is 3.36. The van der Waals surface area contributed by atoms with E-state index in [0.717, 1.165) is 11.3 Å². The molecule has 6 nitrogen and oxygen atoms in total. The number of carbonyl (C=O) groups excluding carboxylic acids is 1. The lowest BCUT2D eigenvalue weighted by Gasteiger charge is -2.05. The Morgan fingerprint density at radius 1 is 1.12 bits per heavy atom. The van der Waals surface area contributed by atoms with E-state index in [9.17, 15) is 4.79 Å². The van der Waals surface area contributed by atoms with Crippen molar-refractivity contribution in [2.24, 2.45) is 7.05 Å². The average molecular weight is 336 g/mol. The second-order valence-electron chi connectivity index (χ2n) is 5.88. The Labute approximate surface area is 146 Å². The van der Waals surface area contributed by atoms with E-state index >= 15 is 0 Å².